The zero-order valence-electron chi connectivity index (χ0n) is 13.4. The molecule has 4 rings (SSSR count). The van der Waals surface area contributed by atoms with Gasteiger partial charge in [-0.1, -0.05) is 35.3 Å². The lowest BCUT2D eigenvalue weighted by molar-refractivity contribution is 0.101. The van der Waals surface area contributed by atoms with Gasteiger partial charge in [0.05, 0.1) is 5.56 Å². The molecule has 2 aromatic carbocycles. The van der Waals surface area contributed by atoms with Crippen molar-refractivity contribution in [3.05, 3.63) is 85.7 Å². The van der Waals surface area contributed by atoms with Gasteiger partial charge in [0.1, 0.15) is 18.1 Å². The van der Waals surface area contributed by atoms with Crippen molar-refractivity contribution in [3.8, 4) is 11.5 Å². The molecule has 3 nitrogen and oxygen atoms in total. The summed E-state index contributed by atoms with van der Waals surface area (Å²) in [6, 6.07) is 14.3. The Bertz CT molecular complexity index is 1010. The topological polar surface area (TPSA) is 35.5 Å². The fraction of sp³-hybridized carbons (Fsp3) is 0.0500. The second-order valence-corrected chi connectivity index (χ2v) is 7.46. The molecule has 0 aliphatic carbocycles. The normalized spacial score (nSPS) is 14.4. The second kappa shape index (κ2) is 7.16. The maximum absolute atomic E-state index is 12.4. The van der Waals surface area contributed by atoms with Crippen LogP contribution in [-0.4, -0.2) is 5.78 Å². The van der Waals surface area contributed by atoms with E-state index < -0.39 is 0 Å². The van der Waals surface area contributed by atoms with E-state index in [0.717, 1.165) is 10.4 Å². The molecule has 0 N–H and O–H groups in total. The second-order valence-electron chi connectivity index (χ2n) is 5.64. The number of fused-ring (bicyclic) bond motifs is 1. The number of ether oxygens (including phenoxy) is 2. The van der Waals surface area contributed by atoms with Crippen LogP contribution in [0.2, 0.25) is 10.0 Å². The first kappa shape index (κ1) is 17.2. The minimum atomic E-state index is -0.124. The molecule has 3 aromatic rings. The molecule has 1 aliphatic heterocycles. The van der Waals surface area contributed by atoms with Gasteiger partial charge in [0.15, 0.2) is 5.76 Å². The quantitative estimate of drug-likeness (QED) is 0.483. The van der Waals surface area contributed by atoms with Crippen LogP contribution in [0.3, 0.4) is 0 Å². The zero-order valence-corrected chi connectivity index (χ0v) is 15.7. The summed E-state index contributed by atoms with van der Waals surface area (Å²) in [6.07, 6.45) is 1.75. The lowest BCUT2D eigenvalue weighted by Crippen LogP contribution is -1.97. The maximum atomic E-state index is 12.4. The summed E-state index contributed by atoms with van der Waals surface area (Å²) >= 11 is 13.6. The third-order valence-corrected chi connectivity index (χ3v) is 5.27. The maximum Gasteiger partial charge on any atom is 0.232 e. The van der Waals surface area contributed by atoms with E-state index in [4.69, 9.17) is 32.7 Å². The number of halogens is 2. The van der Waals surface area contributed by atoms with Gasteiger partial charge in [0.25, 0.3) is 0 Å². The fourth-order valence-corrected chi connectivity index (χ4v) is 3.67. The van der Waals surface area contributed by atoms with Gasteiger partial charge < -0.3 is 9.47 Å². The number of hydrogen-bond donors (Lipinski definition) is 0. The third-order valence-electron chi connectivity index (χ3n) is 3.87. The SMILES string of the molecule is O=C1/C(=C/c2cccs2)Oc2cc(OCc3ccc(Cl)cc3Cl)ccc21. The molecule has 0 saturated carbocycles. The predicted molar refractivity (Wildman–Crippen MR) is 104 cm³/mol. The van der Waals surface area contributed by atoms with Crippen molar-refractivity contribution >= 4 is 46.4 Å². The highest BCUT2D eigenvalue weighted by molar-refractivity contribution is 7.10. The summed E-state index contributed by atoms with van der Waals surface area (Å²) in [7, 11) is 0. The molecular weight excluding hydrogens is 391 g/mol. The summed E-state index contributed by atoms with van der Waals surface area (Å²) in [5.41, 5.74) is 1.36. The van der Waals surface area contributed by atoms with Crippen molar-refractivity contribution in [1.29, 1.82) is 0 Å². The van der Waals surface area contributed by atoms with Crippen LogP contribution < -0.4 is 9.47 Å². The summed E-state index contributed by atoms with van der Waals surface area (Å²) in [4.78, 5) is 13.4. The summed E-state index contributed by atoms with van der Waals surface area (Å²) in [5, 5.41) is 3.08. The standard InChI is InChI=1S/C20H12Cl2O3S/c21-13-4-3-12(17(22)8-13)11-24-14-5-6-16-18(9-14)25-19(20(16)23)10-15-2-1-7-26-15/h1-10H,11H2/b19-10-. The molecule has 0 fully saturated rings. The van der Waals surface area contributed by atoms with Gasteiger partial charge in [-0.15, -0.1) is 11.3 Å². The molecule has 26 heavy (non-hydrogen) atoms. The molecule has 6 heteroatoms. The molecule has 1 aliphatic rings. The number of hydrogen-bond acceptors (Lipinski definition) is 4. The van der Waals surface area contributed by atoms with E-state index in [0.29, 0.717) is 39.5 Å². The molecule has 0 spiro atoms. The third kappa shape index (κ3) is 3.49. The van der Waals surface area contributed by atoms with Crippen LogP contribution in [0.5, 0.6) is 11.5 Å². The number of allylic oxidation sites excluding steroid dienone is 1. The van der Waals surface area contributed by atoms with Crippen LogP contribution in [0.15, 0.2) is 59.7 Å². The number of rotatable bonds is 4. The van der Waals surface area contributed by atoms with Crippen LogP contribution in [0.4, 0.5) is 0 Å². The van der Waals surface area contributed by atoms with Crippen molar-refractivity contribution in [2.75, 3.05) is 0 Å². The number of ketones is 1. The highest BCUT2D eigenvalue weighted by Crippen LogP contribution is 2.35. The summed E-state index contributed by atoms with van der Waals surface area (Å²) in [5.74, 6) is 1.29. The van der Waals surface area contributed by atoms with Crippen LogP contribution >= 0.6 is 34.5 Å². The van der Waals surface area contributed by atoms with Gasteiger partial charge in [-0.3, -0.25) is 4.79 Å². The van der Waals surface area contributed by atoms with E-state index in [-0.39, 0.29) is 5.78 Å². The Kier molecular flexibility index (Phi) is 4.72. The van der Waals surface area contributed by atoms with Crippen molar-refractivity contribution < 1.29 is 14.3 Å². The Morgan fingerprint density at radius 3 is 2.77 bits per heavy atom. The number of thiophene rings is 1. The first-order valence-electron chi connectivity index (χ1n) is 7.79. The molecule has 0 radical (unpaired) electrons. The first-order chi connectivity index (χ1) is 12.6. The predicted octanol–water partition coefficient (Wildman–Crippen LogP) is 6.25. The zero-order chi connectivity index (χ0) is 18.1. The van der Waals surface area contributed by atoms with Crippen molar-refractivity contribution in [1.82, 2.24) is 0 Å². The van der Waals surface area contributed by atoms with Crippen LogP contribution in [0, 0.1) is 0 Å². The van der Waals surface area contributed by atoms with Gasteiger partial charge in [-0.05, 0) is 35.7 Å². The van der Waals surface area contributed by atoms with Gasteiger partial charge in [-0.25, -0.2) is 0 Å². The highest BCUT2D eigenvalue weighted by Gasteiger charge is 2.27. The highest BCUT2D eigenvalue weighted by atomic mass is 35.5. The Morgan fingerprint density at radius 1 is 1.12 bits per heavy atom. The Morgan fingerprint density at radius 2 is 2.00 bits per heavy atom. The van der Waals surface area contributed by atoms with Gasteiger partial charge >= 0.3 is 0 Å². The van der Waals surface area contributed by atoms with Crippen LogP contribution in [-0.2, 0) is 6.61 Å². The molecule has 2 heterocycles. The van der Waals surface area contributed by atoms with Crippen molar-refractivity contribution in [2.45, 2.75) is 6.61 Å². The van der Waals surface area contributed by atoms with Crippen molar-refractivity contribution in [3.63, 3.8) is 0 Å². The van der Waals surface area contributed by atoms with E-state index in [9.17, 15) is 4.79 Å². The van der Waals surface area contributed by atoms with E-state index in [1.165, 1.54) is 0 Å². The lowest BCUT2D eigenvalue weighted by Gasteiger charge is -2.09. The number of carbonyl (C=O) groups is 1. The number of Topliss-reactive ketones (excluding diaryl/α,β-unsaturated/α-hetero) is 1. The van der Waals surface area contributed by atoms with Gasteiger partial charge in [0, 0.05) is 32.6 Å². The number of benzene rings is 2. The molecule has 0 saturated heterocycles. The van der Waals surface area contributed by atoms with E-state index in [2.05, 4.69) is 0 Å². The molecule has 0 bridgehead atoms. The molecule has 0 unspecified atom stereocenters. The van der Waals surface area contributed by atoms with Crippen LogP contribution in [0.25, 0.3) is 6.08 Å². The van der Waals surface area contributed by atoms with E-state index >= 15 is 0 Å². The van der Waals surface area contributed by atoms with Crippen molar-refractivity contribution in [2.24, 2.45) is 0 Å². The Balaban J connectivity index is 1.51. The van der Waals surface area contributed by atoms with E-state index in [1.807, 2.05) is 23.6 Å². The average Bonchev–Trinajstić information content (AvgIpc) is 3.23. The fourth-order valence-electron chi connectivity index (χ4n) is 2.56. The van der Waals surface area contributed by atoms with Gasteiger partial charge in [-0.2, -0.15) is 0 Å². The summed E-state index contributed by atoms with van der Waals surface area (Å²) < 4.78 is 11.5. The van der Waals surface area contributed by atoms with E-state index in [1.54, 1.807) is 47.7 Å². The lowest BCUT2D eigenvalue weighted by atomic mass is 10.1. The molecule has 130 valence electrons. The minimum absolute atomic E-state index is 0.124. The first-order valence-corrected chi connectivity index (χ1v) is 9.42. The summed E-state index contributed by atoms with van der Waals surface area (Å²) in [6.45, 7) is 0.292. The smallest absolute Gasteiger partial charge is 0.232 e. The average molecular weight is 403 g/mol. The van der Waals surface area contributed by atoms with Gasteiger partial charge in [0.2, 0.25) is 5.78 Å². The minimum Gasteiger partial charge on any atom is -0.489 e. The molecule has 0 atom stereocenters. The monoisotopic (exact) mass is 402 g/mol. The Labute approximate surface area is 164 Å². The number of carbonyl (C=O) groups excluding carboxylic acids is 1. The molecule has 1 aromatic heterocycles. The molecular formula is C20H12Cl2O3S. The van der Waals surface area contributed by atoms with Crippen LogP contribution in [0.1, 0.15) is 20.8 Å². The Hall–Kier alpha value is -2.27. The largest absolute Gasteiger partial charge is 0.489 e. The molecule has 0 amide bonds.